The zero-order valence-corrected chi connectivity index (χ0v) is 14.4. The third kappa shape index (κ3) is 4.16. The molecule has 0 spiro atoms. The van der Waals surface area contributed by atoms with Gasteiger partial charge in [0.25, 0.3) is 0 Å². The van der Waals surface area contributed by atoms with E-state index in [2.05, 4.69) is 29.0 Å². The number of nitrogens with zero attached hydrogens (tertiary/aromatic N) is 5. The summed E-state index contributed by atoms with van der Waals surface area (Å²) >= 11 is 0. The molecule has 8 nitrogen and oxygen atoms in total. The summed E-state index contributed by atoms with van der Waals surface area (Å²) in [4.78, 5) is 23.1. The van der Waals surface area contributed by atoms with Crippen molar-refractivity contribution < 1.29 is 26.7 Å². The van der Waals surface area contributed by atoms with Gasteiger partial charge in [-0.3, -0.25) is 9.78 Å². The van der Waals surface area contributed by atoms with Gasteiger partial charge in [0.05, 0.1) is 9.73 Å². The summed E-state index contributed by atoms with van der Waals surface area (Å²) in [5.41, 5.74) is -0.0449. The Hall–Kier alpha value is -3.15. The standard InChI is InChI=1S/C15H10F3N5O3S/c1-27(25,11-4-2-3-7-19-11)23-13(24)10-6-5-9(8-20-10)12-21-14(26-22-12)15(16,17)18/h2-8H,1H3. The normalized spacial score (nSPS) is 13.8. The Morgan fingerprint density at radius 2 is 1.96 bits per heavy atom. The minimum absolute atomic E-state index is 0.104. The molecule has 3 aromatic rings. The van der Waals surface area contributed by atoms with Gasteiger partial charge >= 0.3 is 18.0 Å². The van der Waals surface area contributed by atoms with Crippen LogP contribution in [0.1, 0.15) is 16.4 Å². The van der Waals surface area contributed by atoms with Crippen LogP contribution in [0.2, 0.25) is 0 Å². The summed E-state index contributed by atoms with van der Waals surface area (Å²) in [5.74, 6) is -2.68. The van der Waals surface area contributed by atoms with Crippen LogP contribution < -0.4 is 0 Å². The molecule has 0 bridgehead atoms. The lowest BCUT2D eigenvalue weighted by Crippen LogP contribution is -2.06. The molecule has 0 radical (unpaired) electrons. The maximum absolute atomic E-state index is 12.5. The molecule has 0 saturated heterocycles. The molecule has 0 aliphatic heterocycles. The van der Waals surface area contributed by atoms with Gasteiger partial charge in [0.15, 0.2) is 0 Å². The molecular formula is C15H10F3N5O3S. The number of carbonyl (C=O) groups excluding carboxylic acids is 1. The Balaban J connectivity index is 1.85. The quantitative estimate of drug-likeness (QED) is 0.668. The van der Waals surface area contributed by atoms with Crippen LogP contribution in [0, 0.1) is 0 Å². The Labute approximate surface area is 150 Å². The third-order valence-electron chi connectivity index (χ3n) is 3.19. The number of halogens is 3. The molecule has 27 heavy (non-hydrogen) atoms. The highest BCUT2D eigenvalue weighted by molar-refractivity contribution is 7.93. The topological polar surface area (TPSA) is 111 Å². The lowest BCUT2D eigenvalue weighted by atomic mass is 10.2. The van der Waals surface area contributed by atoms with Crippen molar-refractivity contribution >= 4 is 15.6 Å². The van der Waals surface area contributed by atoms with E-state index in [1.54, 1.807) is 12.1 Å². The summed E-state index contributed by atoms with van der Waals surface area (Å²) in [6.45, 7) is 0. The first kappa shape index (κ1) is 18.6. The average molecular weight is 397 g/mol. The van der Waals surface area contributed by atoms with Gasteiger partial charge in [0.2, 0.25) is 5.82 Å². The van der Waals surface area contributed by atoms with Crippen LogP contribution in [-0.4, -0.2) is 36.5 Å². The van der Waals surface area contributed by atoms with Gasteiger partial charge in [-0.25, -0.2) is 9.19 Å². The van der Waals surface area contributed by atoms with Gasteiger partial charge in [0.1, 0.15) is 10.7 Å². The Morgan fingerprint density at radius 3 is 2.52 bits per heavy atom. The SMILES string of the molecule is CS(=O)(=NC(=O)c1ccc(-c2noc(C(F)(F)F)n2)cn1)c1ccccn1. The molecule has 0 N–H and O–H groups in total. The van der Waals surface area contributed by atoms with Gasteiger partial charge in [-0.15, -0.1) is 0 Å². The number of amides is 1. The fraction of sp³-hybridized carbons (Fsp3) is 0.133. The molecule has 1 amide bonds. The van der Waals surface area contributed by atoms with E-state index < -0.39 is 27.7 Å². The molecule has 0 saturated carbocycles. The molecule has 140 valence electrons. The van der Waals surface area contributed by atoms with Gasteiger partial charge in [-0.1, -0.05) is 11.2 Å². The van der Waals surface area contributed by atoms with E-state index in [0.29, 0.717) is 0 Å². The molecule has 3 heterocycles. The van der Waals surface area contributed by atoms with E-state index in [-0.39, 0.29) is 22.1 Å². The van der Waals surface area contributed by atoms with Crippen LogP contribution in [0.5, 0.6) is 0 Å². The molecule has 12 heteroatoms. The fourth-order valence-electron chi connectivity index (χ4n) is 1.93. The predicted molar refractivity (Wildman–Crippen MR) is 85.9 cm³/mol. The maximum Gasteiger partial charge on any atom is 0.471 e. The zero-order valence-electron chi connectivity index (χ0n) is 13.5. The van der Waals surface area contributed by atoms with Crippen LogP contribution in [0.3, 0.4) is 0 Å². The van der Waals surface area contributed by atoms with Gasteiger partial charge < -0.3 is 4.52 Å². The van der Waals surface area contributed by atoms with Crippen LogP contribution >= 0.6 is 0 Å². The number of carbonyl (C=O) groups is 1. The summed E-state index contributed by atoms with van der Waals surface area (Å²) in [6, 6.07) is 7.20. The predicted octanol–water partition coefficient (Wildman–Crippen LogP) is 2.84. The first-order chi connectivity index (χ1) is 12.7. The summed E-state index contributed by atoms with van der Waals surface area (Å²) in [7, 11) is -3.07. The third-order valence-corrected chi connectivity index (χ3v) is 4.72. The molecule has 0 aliphatic carbocycles. The second kappa shape index (κ2) is 6.87. The molecule has 0 fully saturated rings. The highest BCUT2D eigenvalue weighted by atomic mass is 32.2. The van der Waals surface area contributed by atoms with Crippen molar-refractivity contribution in [3.63, 3.8) is 0 Å². The van der Waals surface area contributed by atoms with E-state index in [9.17, 15) is 22.2 Å². The Kier molecular flexibility index (Phi) is 4.74. The minimum Gasteiger partial charge on any atom is -0.329 e. The largest absolute Gasteiger partial charge is 0.471 e. The van der Waals surface area contributed by atoms with Crippen molar-refractivity contribution in [3.8, 4) is 11.4 Å². The van der Waals surface area contributed by atoms with Crippen molar-refractivity contribution in [2.24, 2.45) is 4.36 Å². The van der Waals surface area contributed by atoms with E-state index >= 15 is 0 Å². The average Bonchev–Trinajstić information content (AvgIpc) is 3.13. The molecule has 1 atom stereocenters. The van der Waals surface area contributed by atoms with E-state index in [1.165, 1.54) is 30.7 Å². The lowest BCUT2D eigenvalue weighted by Gasteiger charge is -2.02. The highest BCUT2D eigenvalue weighted by Gasteiger charge is 2.38. The van der Waals surface area contributed by atoms with Crippen molar-refractivity contribution in [1.29, 1.82) is 0 Å². The minimum atomic E-state index is -4.76. The molecule has 3 rings (SSSR count). The number of hydrogen-bond acceptors (Lipinski definition) is 7. The molecule has 3 aromatic heterocycles. The van der Waals surface area contributed by atoms with Crippen molar-refractivity contribution in [1.82, 2.24) is 20.1 Å². The number of pyridine rings is 2. The second-order valence-electron chi connectivity index (χ2n) is 5.22. The van der Waals surface area contributed by atoms with Crippen LogP contribution in [0.25, 0.3) is 11.4 Å². The van der Waals surface area contributed by atoms with Crippen LogP contribution in [0.15, 0.2) is 56.6 Å². The van der Waals surface area contributed by atoms with Gasteiger partial charge in [0, 0.05) is 24.2 Å². The van der Waals surface area contributed by atoms with E-state index in [0.717, 1.165) is 6.20 Å². The molecule has 0 aromatic carbocycles. The Bertz CT molecular complexity index is 1090. The van der Waals surface area contributed by atoms with Crippen LogP contribution in [-0.2, 0) is 15.9 Å². The first-order valence-electron chi connectivity index (χ1n) is 7.22. The fourth-order valence-corrected chi connectivity index (χ4v) is 3.02. The number of aromatic nitrogens is 4. The van der Waals surface area contributed by atoms with E-state index in [1.807, 2.05) is 0 Å². The molecular weight excluding hydrogens is 387 g/mol. The molecule has 1 unspecified atom stereocenters. The maximum atomic E-state index is 12.5. The zero-order chi connectivity index (χ0) is 19.7. The first-order valence-corrected chi connectivity index (χ1v) is 9.14. The number of hydrogen-bond donors (Lipinski definition) is 0. The monoisotopic (exact) mass is 397 g/mol. The highest BCUT2D eigenvalue weighted by Crippen LogP contribution is 2.29. The summed E-state index contributed by atoms with van der Waals surface area (Å²) in [5, 5.41) is 3.36. The summed E-state index contributed by atoms with van der Waals surface area (Å²) < 4.78 is 57.8. The van der Waals surface area contributed by atoms with Gasteiger partial charge in [-0.05, 0) is 24.3 Å². The lowest BCUT2D eigenvalue weighted by molar-refractivity contribution is -0.159. The van der Waals surface area contributed by atoms with E-state index in [4.69, 9.17) is 0 Å². The van der Waals surface area contributed by atoms with Crippen molar-refractivity contribution in [3.05, 3.63) is 54.3 Å². The smallest absolute Gasteiger partial charge is 0.329 e. The van der Waals surface area contributed by atoms with Crippen LogP contribution in [0.4, 0.5) is 13.2 Å². The second-order valence-corrected chi connectivity index (χ2v) is 7.43. The van der Waals surface area contributed by atoms with Gasteiger partial charge in [-0.2, -0.15) is 22.5 Å². The number of alkyl halides is 3. The van der Waals surface area contributed by atoms with Crippen molar-refractivity contribution in [2.45, 2.75) is 11.2 Å². The summed E-state index contributed by atoms with van der Waals surface area (Å²) in [6.07, 6.45) is -0.989. The number of rotatable bonds is 3. The Morgan fingerprint density at radius 1 is 1.19 bits per heavy atom. The van der Waals surface area contributed by atoms with Crippen molar-refractivity contribution in [2.75, 3.05) is 6.26 Å². The molecule has 0 aliphatic rings.